The summed E-state index contributed by atoms with van der Waals surface area (Å²) in [6.07, 6.45) is 4.81. The third-order valence-corrected chi connectivity index (χ3v) is 8.11. The molecule has 1 aliphatic heterocycles. The Balaban J connectivity index is 1.72. The van der Waals surface area contributed by atoms with Gasteiger partial charge in [-0.1, -0.05) is 31.4 Å². The Morgan fingerprint density at radius 1 is 1.20 bits per heavy atom. The number of hydrogen-bond acceptors (Lipinski definition) is 5. The van der Waals surface area contributed by atoms with Gasteiger partial charge in [-0.2, -0.15) is 4.31 Å². The summed E-state index contributed by atoms with van der Waals surface area (Å²) in [6.45, 7) is 4.36. The number of esters is 1. The minimum absolute atomic E-state index is 0.0450. The molecule has 3 rings (SSSR count). The van der Waals surface area contributed by atoms with Crippen molar-refractivity contribution in [3.63, 3.8) is 0 Å². The van der Waals surface area contributed by atoms with Crippen molar-refractivity contribution in [1.82, 2.24) is 9.62 Å². The molecular weight excluding hydrogens is 428 g/mol. The molecule has 166 valence electrons. The maximum Gasteiger partial charge on any atom is 0.338 e. The van der Waals surface area contributed by atoms with Crippen LogP contribution in [0.5, 0.6) is 0 Å². The van der Waals surface area contributed by atoms with Crippen molar-refractivity contribution in [2.45, 2.75) is 69.4 Å². The molecule has 1 saturated carbocycles. The van der Waals surface area contributed by atoms with Gasteiger partial charge in [-0.15, -0.1) is 0 Å². The summed E-state index contributed by atoms with van der Waals surface area (Å²) in [5.74, 6) is -0.844. The van der Waals surface area contributed by atoms with Gasteiger partial charge in [0.05, 0.1) is 10.6 Å². The van der Waals surface area contributed by atoms with E-state index >= 15 is 0 Å². The van der Waals surface area contributed by atoms with E-state index in [-0.39, 0.29) is 33.3 Å². The molecule has 0 bridgehead atoms. The molecule has 2 unspecified atom stereocenters. The van der Waals surface area contributed by atoms with Crippen LogP contribution >= 0.6 is 11.6 Å². The molecule has 7 nitrogen and oxygen atoms in total. The van der Waals surface area contributed by atoms with Crippen LogP contribution in [-0.4, -0.2) is 49.8 Å². The fourth-order valence-corrected chi connectivity index (χ4v) is 6.10. The molecule has 2 fully saturated rings. The molecule has 30 heavy (non-hydrogen) atoms. The minimum Gasteiger partial charge on any atom is -0.449 e. The third kappa shape index (κ3) is 5.34. The summed E-state index contributed by atoms with van der Waals surface area (Å²) in [6, 6.07) is 4.14. The molecule has 2 aliphatic rings. The number of carbonyl (C=O) groups excluding carboxylic acids is 2. The summed E-state index contributed by atoms with van der Waals surface area (Å²) >= 11 is 6.17. The molecule has 1 aliphatic carbocycles. The Morgan fingerprint density at radius 2 is 1.90 bits per heavy atom. The highest BCUT2D eigenvalue weighted by Crippen LogP contribution is 2.29. The van der Waals surface area contributed by atoms with Gasteiger partial charge in [0.25, 0.3) is 5.91 Å². The van der Waals surface area contributed by atoms with Gasteiger partial charge < -0.3 is 10.1 Å². The molecule has 1 N–H and O–H groups in total. The van der Waals surface area contributed by atoms with E-state index in [1.54, 1.807) is 0 Å². The van der Waals surface area contributed by atoms with Gasteiger partial charge in [-0.05, 0) is 56.7 Å². The van der Waals surface area contributed by atoms with Gasteiger partial charge >= 0.3 is 5.97 Å². The van der Waals surface area contributed by atoms with Crippen LogP contribution in [0, 0.1) is 5.92 Å². The lowest BCUT2D eigenvalue weighted by molar-refractivity contribution is -0.129. The number of carbonyl (C=O) groups is 2. The minimum atomic E-state index is -3.83. The predicted molar refractivity (Wildman–Crippen MR) is 114 cm³/mol. The number of amides is 1. The van der Waals surface area contributed by atoms with Gasteiger partial charge in [-0.25, -0.2) is 13.2 Å². The van der Waals surface area contributed by atoms with Crippen molar-refractivity contribution >= 4 is 33.5 Å². The molecule has 0 spiro atoms. The van der Waals surface area contributed by atoms with Gasteiger partial charge in [-0.3, -0.25) is 4.79 Å². The molecule has 1 amide bonds. The monoisotopic (exact) mass is 456 g/mol. The molecule has 2 atom stereocenters. The Hall–Kier alpha value is -1.64. The average Bonchev–Trinajstić information content (AvgIpc) is 3.21. The van der Waals surface area contributed by atoms with E-state index in [0.717, 1.165) is 38.5 Å². The zero-order valence-electron chi connectivity index (χ0n) is 17.4. The molecule has 9 heteroatoms. The quantitative estimate of drug-likeness (QED) is 0.662. The first-order valence-corrected chi connectivity index (χ1v) is 12.3. The standard InChI is InChI=1S/C21H29ClN2O5S/c1-14-6-5-11-24(13-14)30(27,28)19-12-16(9-10-18(19)22)21(26)29-15(2)20(25)23-17-7-3-4-8-17/h9-10,12,14-15,17H,3-8,11,13H2,1-2H3,(H,23,25). The zero-order valence-corrected chi connectivity index (χ0v) is 19.0. The summed E-state index contributed by atoms with van der Waals surface area (Å²) in [5, 5.41) is 2.94. The molecule has 1 aromatic rings. The summed E-state index contributed by atoms with van der Waals surface area (Å²) in [4.78, 5) is 24.7. The van der Waals surface area contributed by atoms with Crippen LogP contribution in [0.2, 0.25) is 5.02 Å². The van der Waals surface area contributed by atoms with Crippen LogP contribution in [-0.2, 0) is 19.6 Å². The highest BCUT2D eigenvalue weighted by Gasteiger charge is 2.31. The zero-order chi connectivity index (χ0) is 21.9. The number of nitrogens with zero attached hydrogens (tertiary/aromatic N) is 1. The van der Waals surface area contributed by atoms with E-state index in [1.165, 1.54) is 29.4 Å². The lowest BCUT2D eigenvalue weighted by Crippen LogP contribution is -2.41. The predicted octanol–water partition coefficient (Wildman–Crippen LogP) is 3.36. The van der Waals surface area contributed by atoms with Gasteiger partial charge in [0, 0.05) is 19.1 Å². The Bertz CT molecular complexity index is 899. The van der Waals surface area contributed by atoms with E-state index in [4.69, 9.17) is 16.3 Å². The second kappa shape index (κ2) is 9.66. The number of benzene rings is 1. The number of sulfonamides is 1. The van der Waals surface area contributed by atoms with Crippen molar-refractivity contribution in [2.75, 3.05) is 13.1 Å². The second-order valence-corrected chi connectivity index (χ2v) is 10.6. The molecule has 0 aromatic heterocycles. The molecule has 1 heterocycles. The number of halogens is 1. The molecule has 0 radical (unpaired) electrons. The maximum absolute atomic E-state index is 13.1. The van der Waals surface area contributed by atoms with E-state index < -0.39 is 22.1 Å². The lowest BCUT2D eigenvalue weighted by atomic mass is 10.0. The highest BCUT2D eigenvalue weighted by atomic mass is 35.5. The first-order chi connectivity index (χ1) is 14.2. The topological polar surface area (TPSA) is 92.8 Å². The largest absolute Gasteiger partial charge is 0.449 e. The maximum atomic E-state index is 13.1. The molecular formula is C21H29ClN2O5S. The van der Waals surface area contributed by atoms with Gasteiger partial charge in [0.2, 0.25) is 10.0 Å². The fraction of sp³-hybridized carbons (Fsp3) is 0.619. The average molecular weight is 457 g/mol. The lowest BCUT2D eigenvalue weighted by Gasteiger charge is -2.30. The van der Waals surface area contributed by atoms with Crippen molar-refractivity contribution in [3.8, 4) is 0 Å². The number of hydrogen-bond donors (Lipinski definition) is 1. The number of ether oxygens (including phenoxy) is 1. The first-order valence-electron chi connectivity index (χ1n) is 10.5. The van der Waals surface area contributed by atoms with Crippen LogP contribution in [0.25, 0.3) is 0 Å². The highest BCUT2D eigenvalue weighted by molar-refractivity contribution is 7.89. The summed E-state index contributed by atoms with van der Waals surface area (Å²) in [7, 11) is -3.83. The number of rotatable bonds is 6. The summed E-state index contributed by atoms with van der Waals surface area (Å²) < 4.78 is 32.8. The molecule has 1 aromatic carbocycles. The van der Waals surface area contributed by atoms with Crippen molar-refractivity contribution in [1.29, 1.82) is 0 Å². The van der Waals surface area contributed by atoms with E-state index in [0.29, 0.717) is 13.1 Å². The summed E-state index contributed by atoms with van der Waals surface area (Å²) in [5.41, 5.74) is 0.0450. The first kappa shape index (κ1) is 23.0. The van der Waals surface area contributed by atoms with E-state index in [1.807, 2.05) is 6.92 Å². The van der Waals surface area contributed by atoms with Crippen molar-refractivity contribution < 1.29 is 22.7 Å². The Morgan fingerprint density at radius 3 is 2.57 bits per heavy atom. The van der Waals surface area contributed by atoms with Crippen LogP contribution in [0.3, 0.4) is 0 Å². The van der Waals surface area contributed by atoms with Crippen molar-refractivity contribution in [2.24, 2.45) is 5.92 Å². The normalized spacial score (nSPS) is 21.9. The smallest absolute Gasteiger partial charge is 0.338 e. The van der Waals surface area contributed by atoms with Gasteiger partial charge in [0.15, 0.2) is 6.10 Å². The van der Waals surface area contributed by atoms with Crippen molar-refractivity contribution in [3.05, 3.63) is 28.8 Å². The Labute approximate surface area is 183 Å². The molecule has 1 saturated heterocycles. The van der Waals surface area contributed by atoms with Crippen LogP contribution in [0.15, 0.2) is 23.1 Å². The van der Waals surface area contributed by atoms with Crippen LogP contribution in [0.4, 0.5) is 0 Å². The Kier molecular flexibility index (Phi) is 7.42. The van der Waals surface area contributed by atoms with E-state index in [2.05, 4.69) is 5.32 Å². The number of piperidine rings is 1. The third-order valence-electron chi connectivity index (χ3n) is 5.76. The van der Waals surface area contributed by atoms with Crippen LogP contribution in [0.1, 0.15) is 62.7 Å². The fourth-order valence-electron chi connectivity index (χ4n) is 4.00. The van der Waals surface area contributed by atoms with E-state index in [9.17, 15) is 18.0 Å². The SMILES string of the molecule is CC1CCCN(S(=O)(=O)c2cc(C(=O)OC(C)C(=O)NC3CCCC3)ccc2Cl)C1. The van der Waals surface area contributed by atoms with Crippen LogP contribution < -0.4 is 5.32 Å². The van der Waals surface area contributed by atoms with Gasteiger partial charge in [0.1, 0.15) is 4.90 Å². The number of nitrogens with one attached hydrogen (secondary N) is 1. The second-order valence-electron chi connectivity index (χ2n) is 8.29.